The summed E-state index contributed by atoms with van der Waals surface area (Å²) in [7, 11) is 0. The van der Waals surface area contributed by atoms with Gasteiger partial charge in [-0.3, -0.25) is 14.2 Å². The van der Waals surface area contributed by atoms with E-state index in [2.05, 4.69) is 10.1 Å². The van der Waals surface area contributed by atoms with Crippen molar-refractivity contribution in [2.24, 2.45) is 5.92 Å². The van der Waals surface area contributed by atoms with Crippen LogP contribution in [0.5, 0.6) is 5.88 Å². The number of fused-ring (bicyclic) bond motifs is 1. The fourth-order valence-corrected chi connectivity index (χ4v) is 3.62. The molecule has 0 N–H and O–H groups in total. The first-order chi connectivity index (χ1) is 12.6. The molecular formula is C18H23N5O3. The lowest BCUT2D eigenvalue weighted by atomic mass is 9.96. The number of carbonyl (C=O) groups is 1. The summed E-state index contributed by atoms with van der Waals surface area (Å²) in [6.45, 7) is 5.27. The minimum absolute atomic E-state index is 0.0158. The van der Waals surface area contributed by atoms with Crippen molar-refractivity contribution in [1.82, 2.24) is 24.2 Å². The highest BCUT2D eigenvalue weighted by atomic mass is 16.5. The van der Waals surface area contributed by atoms with Crippen LogP contribution in [0.25, 0.3) is 0 Å². The van der Waals surface area contributed by atoms with Crippen molar-refractivity contribution >= 4 is 5.91 Å². The third-order valence-corrected chi connectivity index (χ3v) is 5.16. The molecule has 26 heavy (non-hydrogen) atoms. The molecule has 0 radical (unpaired) electrons. The van der Waals surface area contributed by atoms with E-state index in [0.29, 0.717) is 49.3 Å². The highest BCUT2D eigenvalue weighted by molar-refractivity contribution is 5.92. The third-order valence-electron chi connectivity index (χ3n) is 5.16. The first-order valence-electron chi connectivity index (χ1n) is 9.13. The summed E-state index contributed by atoms with van der Waals surface area (Å²) in [5.74, 6) is 1.02. The highest BCUT2D eigenvalue weighted by Gasteiger charge is 2.27. The van der Waals surface area contributed by atoms with Gasteiger partial charge in [-0.15, -0.1) is 0 Å². The van der Waals surface area contributed by atoms with Crippen LogP contribution in [-0.4, -0.2) is 49.8 Å². The Morgan fingerprint density at radius 1 is 1.31 bits per heavy atom. The Labute approximate surface area is 151 Å². The van der Waals surface area contributed by atoms with Gasteiger partial charge in [-0.25, -0.2) is 9.67 Å². The standard InChI is InChI=1S/C18H23N5O3/c1-13-10-19-12-22(17(13)24)11-14-3-6-21(7-4-14)18(25)15-9-16-23(20-15)5-2-8-26-16/h9-10,12,14H,2-8,11H2,1H3. The molecule has 2 aliphatic rings. The summed E-state index contributed by atoms with van der Waals surface area (Å²) >= 11 is 0. The summed E-state index contributed by atoms with van der Waals surface area (Å²) in [6.07, 6.45) is 5.85. The number of hydrogen-bond acceptors (Lipinski definition) is 5. The first-order valence-corrected chi connectivity index (χ1v) is 9.13. The fraction of sp³-hybridized carbons (Fsp3) is 0.556. The van der Waals surface area contributed by atoms with E-state index in [1.165, 1.54) is 0 Å². The van der Waals surface area contributed by atoms with Gasteiger partial charge in [0.25, 0.3) is 11.5 Å². The predicted octanol–water partition coefficient (Wildman–Crippen LogP) is 1.08. The van der Waals surface area contributed by atoms with E-state index in [1.54, 1.807) is 34.8 Å². The Balaban J connectivity index is 1.37. The Morgan fingerprint density at radius 3 is 2.88 bits per heavy atom. The van der Waals surface area contributed by atoms with Crippen molar-refractivity contribution < 1.29 is 9.53 Å². The maximum Gasteiger partial charge on any atom is 0.274 e. The van der Waals surface area contributed by atoms with E-state index < -0.39 is 0 Å². The van der Waals surface area contributed by atoms with Crippen LogP contribution in [0.2, 0.25) is 0 Å². The molecule has 4 rings (SSSR count). The van der Waals surface area contributed by atoms with Gasteiger partial charge in [-0.2, -0.15) is 5.10 Å². The van der Waals surface area contributed by atoms with E-state index in [9.17, 15) is 9.59 Å². The van der Waals surface area contributed by atoms with Crippen LogP contribution in [-0.2, 0) is 13.1 Å². The number of hydrogen-bond donors (Lipinski definition) is 0. The molecule has 0 bridgehead atoms. The SMILES string of the molecule is Cc1cncn(CC2CCN(C(=O)c3cc4n(n3)CCCO4)CC2)c1=O. The van der Waals surface area contributed by atoms with Gasteiger partial charge in [-0.05, 0) is 25.7 Å². The Bertz CT molecular complexity index is 840. The largest absolute Gasteiger partial charge is 0.478 e. The van der Waals surface area contributed by atoms with Crippen molar-refractivity contribution in [3.63, 3.8) is 0 Å². The van der Waals surface area contributed by atoms with Crippen molar-refractivity contribution in [3.8, 4) is 5.88 Å². The van der Waals surface area contributed by atoms with E-state index in [0.717, 1.165) is 25.8 Å². The number of carbonyl (C=O) groups excluding carboxylic acids is 1. The normalized spacial score (nSPS) is 17.7. The van der Waals surface area contributed by atoms with Crippen LogP contribution in [0.4, 0.5) is 0 Å². The number of aromatic nitrogens is 4. The number of ether oxygens (including phenoxy) is 1. The van der Waals surface area contributed by atoms with E-state index in [-0.39, 0.29) is 11.5 Å². The summed E-state index contributed by atoms with van der Waals surface area (Å²) < 4.78 is 8.98. The molecule has 2 aromatic rings. The topological polar surface area (TPSA) is 82.2 Å². The molecule has 138 valence electrons. The zero-order valence-corrected chi connectivity index (χ0v) is 14.9. The molecule has 8 heteroatoms. The van der Waals surface area contributed by atoms with Crippen LogP contribution in [0, 0.1) is 12.8 Å². The average molecular weight is 357 g/mol. The molecule has 2 aromatic heterocycles. The molecule has 0 unspecified atom stereocenters. The minimum Gasteiger partial charge on any atom is -0.478 e. The maximum absolute atomic E-state index is 12.7. The van der Waals surface area contributed by atoms with E-state index >= 15 is 0 Å². The second-order valence-electron chi connectivity index (χ2n) is 7.06. The Hall–Kier alpha value is -2.64. The summed E-state index contributed by atoms with van der Waals surface area (Å²) in [5, 5.41) is 4.38. The molecule has 0 aromatic carbocycles. The molecule has 0 spiro atoms. The molecule has 0 aliphatic carbocycles. The summed E-state index contributed by atoms with van der Waals surface area (Å²) in [6, 6.07) is 1.74. The Kier molecular flexibility index (Phi) is 4.48. The Morgan fingerprint density at radius 2 is 2.12 bits per heavy atom. The van der Waals surface area contributed by atoms with Crippen molar-refractivity contribution in [2.45, 2.75) is 39.3 Å². The van der Waals surface area contributed by atoms with Crippen LogP contribution >= 0.6 is 0 Å². The van der Waals surface area contributed by atoms with Crippen molar-refractivity contribution in [3.05, 3.63) is 40.2 Å². The van der Waals surface area contributed by atoms with Crippen LogP contribution in [0.1, 0.15) is 35.3 Å². The zero-order chi connectivity index (χ0) is 18.1. The van der Waals surface area contributed by atoms with Crippen LogP contribution in [0.3, 0.4) is 0 Å². The molecule has 4 heterocycles. The summed E-state index contributed by atoms with van der Waals surface area (Å²) in [5.41, 5.74) is 1.13. The van der Waals surface area contributed by atoms with Crippen LogP contribution < -0.4 is 10.3 Å². The number of rotatable bonds is 3. The van der Waals surface area contributed by atoms with Crippen LogP contribution in [0.15, 0.2) is 23.4 Å². The monoisotopic (exact) mass is 357 g/mol. The third kappa shape index (κ3) is 3.23. The van der Waals surface area contributed by atoms with Gasteiger partial charge in [0.05, 0.1) is 12.9 Å². The number of piperidine rings is 1. The smallest absolute Gasteiger partial charge is 0.274 e. The summed E-state index contributed by atoms with van der Waals surface area (Å²) in [4.78, 5) is 30.8. The maximum atomic E-state index is 12.7. The lowest BCUT2D eigenvalue weighted by Gasteiger charge is -2.31. The van der Waals surface area contributed by atoms with Gasteiger partial charge in [0.15, 0.2) is 5.69 Å². The van der Waals surface area contributed by atoms with Gasteiger partial charge in [0.2, 0.25) is 5.88 Å². The van der Waals surface area contributed by atoms with Gasteiger partial charge < -0.3 is 9.64 Å². The number of amides is 1. The lowest BCUT2D eigenvalue weighted by Crippen LogP contribution is -2.40. The van der Waals surface area contributed by atoms with Gasteiger partial charge in [0, 0.05) is 50.4 Å². The quantitative estimate of drug-likeness (QED) is 0.821. The van der Waals surface area contributed by atoms with Crippen molar-refractivity contribution in [2.75, 3.05) is 19.7 Å². The molecule has 1 amide bonds. The number of aryl methyl sites for hydroxylation is 2. The van der Waals surface area contributed by atoms with E-state index in [4.69, 9.17) is 4.74 Å². The molecule has 1 fully saturated rings. The molecule has 0 saturated carbocycles. The van der Waals surface area contributed by atoms with Gasteiger partial charge >= 0.3 is 0 Å². The van der Waals surface area contributed by atoms with Gasteiger partial charge in [0.1, 0.15) is 0 Å². The second kappa shape index (κ2) is 6.93. The minimum atomic E-state index is -0.0386. The highest BCUT2D eigenvalue weighted by Crippen LogP contribution is 2.23. The molecule has 0 atom stereocenters. The molecule has 8 nitrogen and oxygen atoms in total. The zero-order valence-electron chi connectivity index (χ0n) is 14.9. The molecule has 1 saturated heterocycles. The molecular weight excluding hydrogens is 334 g/mol. The molecule has 2 aliphatic heterocycles. The lowest BCUT2D eigenvalue weighted by molar-refractivity contribution is 0.0675. The predicted molar refractivity (Wildman–Crippen MR) is 94.2 cm³/mol. The van der Waals surface area contributed by atoms with Crippen molar-refractivity contribution in [1.29, 1.82) is 0 Å². The number of nitrogens with zero attached hydrogens (tertiary/aromatic N) is 5. The van der Waals surface area contributed by atoms with E-state index in [1.807, 2.05) is 4.90 Å². The van der Waals surface area contributed by atoms with Gasteiger partial charge in [-0.1, -0.05) is 0 Å². The average Bonchev–Trinajstić information content (AvgIpc) is 3.10. The second-order valence-corrected chi connectivity index (χ2v) is 7.06. The first kappa shape index (κ1) is 16.8. The number of likely N-dealkylation sites (tertiary alicyclic amines) is 1. The fourth-order valence-electron chi connectivity index (χ4n) is 3.62.